The number of halogens is 2. The second-order valence-electron chi connectivity index (χ2n) is 2.81. The third-order valence-electron chi connectivity index (χ3n) is 1.78. The van der Waals surface area contributed by atoms with Gasteiger partial charge in [0.2, 0.25) is 0 Å². The first-order valence-electron chi connectivity index (χ1n) is 4.01. The van der Waals surface area contributed by atoms with Crippen molar-refractivity contribution >= 4 is 11.6 Å². The minimum atomic E-state index is -0.487. The molecule has 0 atom stereocenters. The lowest BCUT2D eigenvalue weighted by molar-refractivity contribution is 0.610. The van der Waals surface area contributed by atoms with Crippen molar-refractivity contribution in [2.75, 3.05) is 0 Å². The molecule has 0 spiro atoms. The highest BCUT2D eigenvalue weighted by Gasteiger charge is 2.08. The predicted molar refractivity (Wildman–Crippen MR) is 51.1 cm³/mol. The molecule has 14 heavy (non-hydrogen) atoms. The van der Waals surface area contributed by atoms with Gasteiger partial charge in [0.1, 0.15) is 17.8 Å². The van der Waals surface area contributed by atoms with Crippen LogP contribution in [0.1, 0.15) is 5.82 Å². The largest absolute Gasteiger partial charge is 0.220 e. The van der Waals surface area contributed by atoms with Crippen molar-refractivity contribution < 1.29 is 4.39 Å². The third kappa shape index (κ3) is 1.48. The average molecular weight is 212 g/mol. The van der Waals surface area contributed by atoms with E-state index in [1.165, 1.54) is 17.1 Å². The fraction of sp³-hybridized carbons (Fsp3) is 0.111. The van der Waals surface area contributed by atoms with Crippen LogP contribution in [0.5, 0.6) is 0 Å². The SMILES string of the molecule is Cc1ncn(-c2cccc(Cl)c2F)n1. The summed E-state index contributed by atoms with van der Waals surface area (Å²) in [5.74, 6) is 0.100. The lowest BCUT2D eigenvalue weighted by Gasteiger charge is -2.02. The van der Waals surface area contributed by atoms with Crippen LogP contribution in [0, 0.1) is 12.7 Å². The number of rotatable bonds is 1. The normalized spacial score (nSPS) is 10.5. The van der Waals surface area contributed by atoms with Gasteiger partial charge in [-0.3, -0.25) is 0 Å². The molecule has 3 nitrogen and oxygen atoms in total. The van der Waals surface area contributed by atoms with Gasteiger partial charge in [-0.2, -0.15) is 5.10 Å². The van der Waals surface area contributed by atoms with Gasteiger partial charge in [0, 0.05) is 0 Å². The Morgan fingerprint density at radius 1 is 1.43 bits per heavy atom. The molecule has 0 saturated carbocycles. The molecule has 0 amide bonds. The molecule has 0 saturated heterocycles. The molecule has 0 unspecified atom stereocenters. The van der Waals surface area contributed by atoms with Gasteiger partial charge in [0.05, 0.1) is 5.02 Å². The molecule has 1 aromatic heterocycles. The summed E-state index contributed by atoms with van der Waals surface area (Å²) >= 11 is 5.63. The van der Waals surface area contributed by atoms with Gasteiger partial charge in [-0.25, -0.2) is 14.1 Å². The number of benzene rings is 1. The van der Waals surface area contributed by atoms with Crippen LogP contribution in [0.25, 0.3) is 5.69 Å². The summed E-state index contributed by atoms with van der Waals surface area (Å²) in [5, 5.41) is 4.07. The van der Waals surface area contributed by atoms with Gasteiger partial charge in [-0.15, -0.1) is 0 Å². The summed E-state index contributed by atoms with van der Waals surface area (Å²) < 4.78 is 14.8. The van der Waals surface area contributed by atoms with E-state index >= 15 is 0 Å². The number of nitrogens with zero attached hydrogens (tertiary/aromatic N) is 3. The molecule has 1 aromatic carbocycles. The maximum atomic E-state index is 13.5. The Hall–Kier alpha value is -1.42. The Bertz CT molecular complexity index is 467. The molecule has 2 aromatic rings. The zero-order chi connectivity index (χ0) is 10.1. The summed E-state index contributed by atoms with van der Waals surface area (Å²) in [7, 11) is 0. The highest BCUT2D eigenvalue weighted by atomic mass is 35.5. The van der Waals surface area contributed by atoms with Crippen LogP contribution in [-0.2, 0) is 0 Å². The van der Waals surface area contributed by atoms with Gasteiger partial charge >= 0.3 is 0 Å². The average Bonchev–Trinajstić information content (AvgIpc) is 2.57. The second-order valence-corrected chi connectivity index (χ2v) is 3.22. The Morgan fingerprint density at radius 2 is 2.21 bits per heavy atom. The molecule has 0 aliphatic heterocycles. The lowest BCUT2D eigenvalue weighted by atomic mass is 10.3. The molecule has 0 aliphatic carbocycles. The topological polar surface area (TPSA) is 30.7 Å². The van der Waals surface area contributed by atoms with E-state index in [0.717, 1.165) is 0 Å². The number of hydrogen-bond acceptors (Lipinski definition) is 2. The minimum Gasteiger partial charge on any atom is -0.220 e. The van der Waals surface area contributed by atoms with Gasteiger partial charge in [-0.05, 0) is 19.1 Å². The first kappa shape index (κ1) is 9.15. The minimum absolute atomic E-state index is 0.0793. The van der Waals surface area contributed by atoms with E-state index in [1.54, 1.807) is 19.1 Å². The maximum absolute atomic E-state index is 13.5. The van der Waals surface area contributed by atoms with E-state index in [9.17, 15) is 4.39 Å². The van der Waals surface area contributed by atoms with E-state index in [-0.39, 0.29) is 5.02 Å². The Kier molecular flexibility index (Phi) is 2.21. The van der Waals surface area contributed by atoms with Crippen molar-refractivity contribution in [1.82, 2.24) is 14.8 Å². The van der Waals surface area contributed by atoms with E-state index in [1.807, 2.05) is 0 Å². The monoisotopic (exact) mass is 211 g/mol. The fourth-order valence-electron chi connectivity index (χ4n) is 1.13. The molecule has 0 bridgehead atoms. The summed E-state index contributed by atoms with van der Waals surface area (Å²) in [6.45, 7) is 1.74. The van der Waals surface area contributed by atoms with E-state index in [2.05, 4.69) is 10.1 Å². The van der Waals surface area contributed by atoms with Crippen LogP contribution in [0.4, 0.5) is 4.39 Å². The van der Waals surface area contributed by atoms with E-state index in [4.69, 9.17) is 11.6 Å². The van der Waals surface area contributed by atoms with Gasteiger partial charge in [0.15, 0.2) is 5.82 Å². The van der Waals surface area contributed by atoms with Gasteiger partial charge in [0.25, 0.3) is 0 Å². The Balaban J connectivity index is 2.57. The molecule has 0 aliphatic rings. The summed E-state index contributed by atoms with van der Waals surface area (Å²) in [4.78, 5) is 3.91. The van der Waals surface area contributed by atoms with Gasteiger partial charge < -0.3 is 0 Å². The Morgan fingerprint density at radius 3 is 2.86 bits per heavy atom. The highest BCUT2D eigenvalue weighted by molar-refractivity contribution is 6.30. The molecule has 72 valence electrons. The number of aryl methyl sites for hydroxylation is 1. The third-order valence-corrected chi connectivity index (χ3v) is 2.08. The lowest BCUT2D eigenvalue weighted by Crippen LogP contribution is -1.98. The van der Waals surface area contributed by atoms with Gasteiger partial charge in [-0.1, -0.05) is 17.7 Å². The van der Waals surface area contributed by atoms with E-state index in [0.29, 0.717) is 11.5 Å². The zero-order valence-electron chi connectivity index (χ0n) is 7.41. The van der Waals surface area contributed by atoms with E-state index < -0.39 is 5.82 Å². The van der Waals surface area contributed by atoms with Crippen molar-refractivity contribution in [3.63, 3.8) is 0 Å². The van der Waals surface area contributed by atoms with Crippen LogP contribution in [0.2, 0.25) is 5.02 Å². The fourth-order valence-corrected chi connectivity index (χ4v) is 1.30. The summed E-state index contributed by atoms with van der Waals surface area (Å²) in [6, 6.07) is 4.75. The summed E-state index contributed by atoms with van der Waals surface area (Å²) in [5.41, 5.74) is 0.304. The smallest absolute Gasteiger partial charge is 0.167 e. The zero-order valence-corrected chi connectivity index (χ0v) is 8.16. The number of hydrogen-bond donors (Lipinski definition) is 0. The maximum Gasteiger partial charge on any atom is 0.167 e. The quantitative estimate of drug-likeness (QED) is 0.725. The molecule has 0 fully saturated rings. The van der Waals surface area contributed by atoms with Crippen LogP contribution < -0.4 is 0 Å². The molecule has 5 heteroatoms. The van der Waals surface area contributed by atoms with Crippen molar-refractivity contribution in [3.8, 4) is 5.69 Å². The first-order valence-corrected chi connectivity index (χ1v) is 4.39. The second kappa shape index (κ2) is 3.38. The van der Waals surface area contributed by atoms with Crippen molar-refractivity contribution in [3.05, 3.63) is 41.2 Å². The standard InChI is InChI=1S/C9H7ClFN3/c1-6-12-5-14(13-6)8-4-2-3-7(10)9(8)11/h2-5H,1H3. The van der Waals surface area contributed by atoms with Crippen LogP contribution in [0.15, 0.2) is 24.5 Å². The molecular formula is C9H7ClFN3. The molecule has 1 heterocycles. The van der Waals surface area contributed by atoms with Crippen molar-refractivity contribution in [1.29, 1.82) is 0 Å². The molecular weight excluding hydrogens is 205 g/mol. The Labute approximate surface area is 85.1 Å². The van der Waals surface area contributed by atoms with Crippen LogP contribution in [0.3, 0.4) is 0 Å². The number of aromatic nitrogens is 3. The van der Waals surface area contributed by atoms with Crippen LogP contribution >= 0.6 is 11.6 Å². The molecule has 2 rings (SSSR count). The van der Waals surface area contributed by atoms with Crippen LogP contribution in [-0.4, -0.2) is 14.8 Å². The molecule has 0 radical (unpaired) electrons. The highest BCUT2D eigenvalue weighted by Crippen LogP contribution is 2.20. The molecule has 0 N–H and O–H groups in total. The predicted octanol–water partition coefficient (Wildman–Crippen LogP) is 2.37. The van der Waals surface area contributed by atoms with Crippen molar-refractivity contribution in [2.24, 2.45) is 0 Å². The van der Waals surface area contributed by atoms with Crippen molar-refractivity contribution in [2.45, 2.75) is 6.92 Å². The summed E-state index contributed by atoms with van der Waals surface area (Å²) in [6.07, 6.45) is 1.45. The first-order chi connectivity index (χ1) is 6.68.